The normalized spacial score (nSPS) is 17.6. The van der Waals surface area contributed by atoms with E-state index in [1.54, 1.807) is 0 Å². The van der Waals surface area contributed by atoms with Crippen molar-refractivity contribution in [3.05, 3.63) is 41.0 Å². The minimum absolute atomic E-state index is 0.753. The fraction of sp³-hybridized carbons (Fsp3) is 0.400. The predicted molar refractivity (Wildman–Crippen MR) is 97.1 cm³/mol. The standard InChI is InChI=1S/C20H20N4O/c21-13-16-14-5-3-6-15(14)20(23-9-4-11-25-12-10-23)24-18-8-2-1-7-17(18)22-19(16)24/h1-2,7-8H,3-6,9-12H2. The van der Waals surface area contributed by atoms with E-state index in [0.29, 0.717) is 0 Å². The number of imidazole rings is 1. The topological polar surface area (TPSA) is 53.6 Å². The Bertz CT molecular complexity index is 1010. The lowest BCUT2D eigenvalue weighted by Crippen LogP contribution is -2.29. The summed E-state index contributed by atoms with van der Waals surface area (Å²) in [5.41, 5.74) is 6.17. The Labute approximate surface area is 146 Å². The van der Waals surface area contributed by atoms with Crippen molar-refractivity contribution in [3.8, 4) is 6.07 Å². The van der Waals surface area contributed by atoms with E-state index in [1.165, 1.54) is 16.9 Å². The van der Waals surface area contributed by atoms with Gasteiger partial charge in [0.05, 0.1) is 23.2 Å². The van der Waals surface area contributed by atoms with Gasteiger partial charge in [0.15, 0.2) is 5.65 Å². The lowest BCUT2D eigenvalue weighted by molar-refractivity contribution is 0.152. The van der Waals surface area contributed by atoms with Crippen molar-refractivity contribution >= 4 is 22.5 Å². The van der Waals surface area contributed by atoms with E-state index < -0.39 is 0 Å². The maximum Gasteiger partial charge on any atom is 0.157 e. The van der Waals surface area contributed by atoms with E-state index in [2.05, 4.69) is 21.4 Å². The first kappa shape index (κ1) is 14.7. The van der Waals surface area contributed by atoms with Gasteiger partial charge in [-0.05, 0) is 48.9 Å². The van der Waals surface area contributed by atoms with Gasteiger partial charge in [0.25, 0.3) is 0 Å². The summed E-state index contributed by atoms with van der Waals surface area (Å²) in [5.74, 6) is 1.24. The Morgan fingerprint density at radius 1 is 1.04 bits per heavy atom. The molecule has 0 radical (unpaired) electrons. The number of nitriles is 1. The summed E-state index contributed by atoms with van der Waals surface area (Å²) < 4.78 is 7.90. The lowest BCUT2D eigenvalue weighted by Gasteiger charge is -2.27. The molecule has 0 N–H and O–H groups in total. The first-order chi connectivity index (χ1) is 12.4. The SMILES string of the molecule is N#Cc1c2c(c(N3CCCOCC3)n3c1nc1ccccc13)CCC2. The van der Waals surface area contributed by atoms with E-state index >= 15 is 0 Å². The van der Waals surface area contributed by atoms with Crippen LogP contribution in [0.3, 0.4) is 0 Å². The van der Waals surface area contributed by atoms with Crippen LogP contribution < -0.4 is 4.90 Å². The molecule has 25 heavy (non-hydrogen) atoms. The van der Waals surface area contributed by atoms with Crippen LogP contribution in [0.15, 0.2) is 24.3 Å². The van der Waals surface area contributed by atoms with Crippen molar-refractivity contribution in [3.63, 3.8) is 0 Å². The fourth-order valence-electron chi connectivity index (χ4n) is 4.35. The monoisotopic (exact) mass is 332 g/mol. The van der Waals surface area contributed by atoms with Crippen LogP contribution in [0.5, 0.6) is 0 Å². The second kappa shape index (κ2) is 5.75. The van der Waals surface area contributed by atoms with Crippen molar-refractivity contribution < 1.29 is 4.74 Å². The van der Waals surface area contributed by atoms with Crippen LogP contribution >= 0.6 is 0 Å². The van der Waals surface area contributed by atoms with Crippen LogP contribution in [-0.4, -0.2) is 35.7 Å². The highest BCUT2D eigenvalue weighted by Crippen LogP contribution is 2.38. The smallest absolute Gasteiger partial charge is 0.157 e. The number of aromatic nitrogens is 2. The molecule has 1 fully saturated rings. The zero-order valence-corrected chi connectivity index (χ0v) is 14.2. The summed E-state index contributed by atoms with van der Waals surface area (Å²) >= 11 is 0. The first-order valence-corrected chi connectivity index (χ1v) is 9.06. The first-order valence-electron chi connectivity index (χ1n) is 9.06. The minimum atomic E-state index is 0.753. The summed E-state index contributed by atoms with van der Waals surface area (Å²) in [6, 6.07) is 10.6. The molecule has 0 unspecified atom stereocenters. The van der Waals surface area contributed by atoms with Gasteiger partial charge >= 0.3 is 0 Å². The van der Waals surface area contributed by atoms with E-state index in [9.17, 15) is 5.26 Å². The molecule has 2 aliphatic rings. The molecular formula is C20H20N4O. The molecule has 5 nitrogen and oxygen atoms in total. The summed E-state index contributed by atoms with van der Waals surface area (Å²) in [4.78, 5) is 7.27. The van der Waals surface area contributed by atoms with E-state index in [4.69, 9.17) is 9.72 Å². The lowest BCUT2D eigenvalue weighted by atomic mass is 10.1. The van der Waals surface area contributed by atoms with Gasteiger partial charge in [-0.1, -0.05) is 12.1 Å². The number of rotatable bonds is 1. The van der Waals surface area contributed by atoms with Gasteiger partial charge in [-0.15, -0.1) is 0 Å². The predicted octanol–water partition coefficient (Wildman–Crippen LogP) is 3.07. The molecule has 3 heterocycles. The number of pyridine rings is 1. The Kier molecular flexibility index (Phi) is 3.39. The molecule has 0 atom stereocenters. The van der Waals surface area contributed by atoms with Crippen molar-refractivity contribution in [2.45, 2.75) is 25.7 Å². The number of hydrogen-bond donors (Lipinski definition) is 0. The maximum absolute atomic E-state index is 9.83. The highest BCUT2D eigenvalue weighted by atomic mass is 16.5. The summed E-state index contributed by atoms with van der Waals surface area (Å²) in [7, 11) is 0. The highest BCUT2D eigenvalue weighted by Gasteiger charge is 2.28. The van der Waals surface area contributed by atoms with Crippen LogP contribution in [0, 0.1) is 11.3 Å². The number of para-hydroxylation sites is 2. The number of hydrogen-bond acceptors (Lipinski definition) is 4. The number of fused-ring (bicyclic) bond motifs is 4. The van der Waals surface area contributed by atoms with Gasteiger partial charge in [-0.2, -0.15) is 5.26 Å². The van der Waals surface area contributed by atoms with Crippen LogP contribution in [0.1, 0.15) is 29.5 Å². The second-order valence-electron chi connectivity index (χ2n) is 6.83. The molecule has 5 heteroatoms. The van der Waals surface area contributed by atoms with E-state index in [0.717, 1.165) is 74.2 Å². The zero-order valence-electron chi connectivity index (χ0n) is 14.2. The Balaban J connectivity index is 1.90. The van der Waals surface area contributed by atoms with Crippen molar-refractivity contribution in [1.82, 2.24) is 9.38 Å². The Hall–Kier alpha value is -2.58. The number of ether oxygens (including phenoxy) is 1. The molecule has 5 rings (SSSR count). The second-order valence-corrected chi connectivity index (χ2v) is 6.83. The molecule has 1 saturated heterocycles. The van der Waals surface area contributed by atoms with Gasteiger partial charge in [-0.3, -0.25) is 4.40 Å². The molecule has 1 aromatic carbocycles. The average molecular weight is 332 g/mol. The van der Waals surface area contributed by atoms with Crippen molar-refractivity contribution in [1.29, 1.82) is 5.26 Å². The molecule has 0 saturated carbocycles. The van der Waals surface area contributed by atoms with E-state index in [1.807, 2.05) is 18.2 Å². The molecule has 2 aromatic heterocycles. The van der Waals surface area contributed by atoms with Crippen molar-refractivity contribution in [2.75, 3.05) is 31.2 Å². The zero-order chi connectivity index (χ0) is 16.8. The highest BCUT2D eigenvalue weighted by molar-refractivity contribution is 5.86. The van der Waals surface area contributed by atoms with Crippen LogP contribution in [-0.2, 0) is 17.6 Å². The average Bonchev–Trinajstić information content (AvgIpc) is 3.16. The third-order valence-corrected chi connectivity index (χ3v) is 5.42. The molecule has 1 aliphatic heterocycles. The van der Waals surface area contributed by atoms with Gasteiger partial charge in [0.2, 0.25) is 0 Å². The van der Waals surface area contributed by atoms with Gasteiger partial charge in [0, 0.05) is 19.7 Å². The number of nitrogens with zero attached hydrogens (tertiary/aromatic N) is 4. The molecule has 3 aromatic rings. The molecule has 126 valence electrons. The Morgan fingerprint density at radius 3 is 2.84 bits per heavy atom. The molecule has 0 amide bonds. The summed E-state index contributed by atoms with van der Waals surface area (Å²) in [6.07, 6.45) is 4.17. The number of benzene rings is 1. The quantitative estimate of drug-likeness (QED) is 0.687. The third kappa shape index (κ3) is 2.14. The fourth-order valence-corrected chi connectivity index (χ4v) is 4.35. The summed E-state index contributed by atoms with van der Waals surface area (Å²) in [5, 5.41) is 9.83. The Morgan fingerprint density at radius 2 is 1.92 bits per heavy atom. The largest absolute Gasteiger partial charge is 0.380 e. The molecule has 0 spiro atoms. The van der Waals surface area contributed by atoms with E-state index in [-0.39, 0.29) is 0 Å². The molecular weight excluding hydrogens is 312 g/mol. The maximum atomic E-state index is 9.83. The van der Waals surface area contributed by atoms with Crippen LogP contribution in [0.4, 0.5) is 5.82 Å². The van der Waals surface area contributed by atoms with Crippen molar-refractivity contribution in [2.24, 2.45) is 0 Å². The minimum Gasteiger partial charge on any atom is -0.380 e. The molecule has 0 bridgehead atoms. The van der Waals surface area contributed by atoms with Gasteiger partial charge in [-0.25, -0.2) is 4.98 Å². The van der Waals surface area contributed by atoms with Crippen LogP contribution in [0.2, 0.25) is 0 Å². The van der Waals surface area contributed by atoms with Crippen LogP contribution in [0.25, 0.3) is 16.7 Å². The molecule has 1 aliphatic carbocycles. The summed E-state index contributed by atoms with van der Waals surface area (Å²) in [6.45, 7) is 3.45. The van der Waals surface area contributed by atoms with Gasteiger partial charge < -0.3 is 9.64 Å². The van der Waals surface area contributed by atoms with Gasteiger partial charge in [0.1, 0.15) is 11.9 Å². The number of anilines is 1. The third-order valence-electron chi connectivity index (χ3n) is 5.42.